The van der Waals surface area contributed by atoms with Crippen molar-refractivity contribution in [2.75, 3.05) is 6.61 Å². The molecule has 4 heteroatoms. The number of nitrogens with one attached hydrogen (secondary N) is 1. The van der Waals surface area contributed by atoms with Gasteiger partial charge in [-0.1, -0.05) is 246 Å². The molecule has 0 heterocycles. The molecule has 0 fully saturated rings. The fourth-order valence-electron chi connectivity index (χ4n) is 7.37. The van der Waals surface area contributed by atoms with Crippen molar-refractivity contribution in [2.24, 2.45) is 0 Å². The summed E-state index contributed by atoms with van der Waals surface area (Å²) >= 11 is 0. The van der Waals surface area contributed by atoms with Gasteiger partial charge in [-0.25, -0.2) is 0 Å². The summed E-state index contributed by atoms with van der Waals surface area (Å²) in [5.74, 6) is -0.0791. The predicted molar refractivity (Wildman–Crippen MR) is 271 cm³/mol. The normalized spacial score (nSPS) is 13.7. The van der Waals surface area contributed by atoms with Crippen LogP contribution in [-0.2, 0) is 4.79 Å². The van der Waals surface area contributed by atoms with E-state index in [1.807, 2.05) is 6.08 Å². The largest absolute Gasteiger partial charge is 0.394 e. The van der Waals surface area contributed by atoms with Crippen LogP contribution < -0.4 is 5.32 Å². The Balaban J connectivity index is 3.59. The summed E-state index contributed by atoms with van der Waals surface area (Å²) in [6.45, 7) is 4.18. The van der Waals surface area contributed by atoms with E-state index in [0.29, 0.717) is 6.42 Å². The lowest BCUT2D eigenvalue weighted by molar-refractivity contribution is -0.123. The van der Waals surface area contributed by atoms with Crippen molar-refractivity contribution in [1.82, 2.24) is 5.32 Å². The van der Waals surface area contributed by atoms with Crippen LogP contribution in [0.4, 0.5) is 0 Å². The second-order valence-corrected chi connectivity index (χ2v) is 17.2. The Kier molecular flexibility index (Phi) is 49.4. The van der Waals surface area contributed by atoms with Crippen molar-refractivity contribution < 1.29 is 15.0 Å². The quantitative estimate of drug-likeness (QED) is 0.0422. The Morgan fingerprint density at radius 1 is 0.410 bits per heavy atom. The maximum atomic E-state index is 12.4. The van der Waals surface area contributed by atoms with Crippen molar-refractivity contribution in [1.29, 1.82) is 0 Å². The molecule has 350 valence electrons. The first-order valence-corrected chi connectivity index (χ1v) is 26.0. The van der Waals surface area contributed by atoms with Gasteiger partial charge in [-0.2, -0.15) is 0 Å². The van der Waals surface area contributed by atoms with Gasteiger partial charge in [0, 0.05) is 6.42 Å². The summed E-state index contributed by atoms with van der Waals surface area (Å²) in [4.78, 5) is 12.4. The summed E-state index contributed by atoms with van der Waals surface area (Å²) in [5.41, 5.74) is 0. The van der Waals surface area contributed by atoms with E-state index < -0.39 is 12.1 Å². The molecular weight excluding hydrogens is 747 g/mol. The summed E-state index contributed by atoms with van der Waals surface area (Å²) in [7, 11) is 0. The molecule has 0 radical (unpaired) electrons. The van der Waals surface area contributed by atoms with Crippen LogP contribution in [0.1, 0.15) is 239 Å². The van der Waals surface area contributed by atoms with E-state index >= 15 is 0 Å². The molecule has 61 heavy (non-hydrogen) atoms. The van der Waals surface area contributed by atoms with E-state index in [2.05, 4.69) is 104 Å². The third kappa shape index (κ3) is 48.2. The zero-order valence-electron chi connectivity index (χ0n) is 40.2. The lowest BCUT2D eigenvalue weighted by atomic mass is 10.0. The highest BCUT2D eigenvalue weighted by molar-refractivity contribution is 5.76. The molecular formula is C57H99NO3. The molecule has 0 aliphatic carbocycles. The first-order valence-electron chi connectivity index (χ1n) is 26.0. The summed E-state index contributed by atoms with van der Waals surface area (Å²) in [6, 6.07) is -0.646. The Morgan fingerprint density at radius 3 is 1.15 bits per heavy atom. The van der Waals surface area contributed by atoms with Gasteiger partial charge in [0.05, 0.1) is 18.8 Å². The SMILES string of the molecule is CC/C=C\C/C=C\C/C=C\C/C=C\C/C=C\C/C=C\CCCCCCCCCCCCCCC(=O)NC(CO)C(O)/C=C/CC/C=C/CCCCCCCCCCCCCC. The van der Waals surface area contributed by atoms with Crippen LogP contribution in [0.25, 0.3) is 0 Å². The third-order valence-electron chi connectivity index (χ3n) is 11.3. The van der Waals surface area contributed by atoms with E-state index in [1.54, 1.807) is 6.08 Å². The fraction of sp³-hybridized carbons (Fsp3) is 0.702. The van der Waals surface area contributed by atoms with Crippen LogP contribution in [0.5, 0.6) is 0 Å². The molecule has 4 nitrogen and oxygen atoms in total. The number of rotatable bonds is 46. The Labute approximate surface area is 379 Å². The lowest BCUT2D eigenvalue weighted by Crippen LogP contribution is -2.45. The number of aliphatic hydroxyl groups is 2. The summed E-state index contributed by atoms with van der Waals surface area (Å²) < 4.78 is 0. The molecule has 0 aromatic rings. The van der Waals surface area contributed by atoms with E-state index in [1.165, 1.54) is 148 Å². The average Bonchev–Trinajstić information content (AvgIpc) is 3.26. The van der Waals surface area contributed by atoms with Gasteiger partial charge in [-0.3, -0.25) is 4.79 Å². The standard InChI is InChI=1S/C57H99NO3/c1-3-5-7-9-11-13-15-17-19-21-23-24-25-26-27-28-29-30-31-32-33-34-35-37-39-41-43-45-47-49-51-53-57(61)58-55(54-59)56(60)52-50-48-46-44-42-40-38-36-22-20-18-16-14-12-10-8-6-4-2/h5,7,11,13,17,19,23-24,26-27,29-30,42,44,50,52,55-56,59-60H,3-4,6,8-10,12,14-16,18,20-22,25,28,31-41,43,45-49,51,53-54H2,1-2H3,(H,58,61)/b7-5-,13-11-,19-17-,24-23-,27-26-,30-29-,44-42+,52-50+. The van der Waals surface area contributed by atoms with Gasteiger partial charge in [0.1, 0.15) is 0 Å². The first kappa shape index (κ1) is 58.3. The fourth-order valence-corrected chi connectivity index (χ4v) is 7.37. The number of hydrogen-bond donors (Lipinski definition) is 3. The Bertz CT molecular complexity index is 1140. The van der Waals surface area contributed by atoms with E-state index in [9.17, 15) is 15.0 Å². The van der Waals surface area contributed by atoms with Crippen molar-refractivity contribution in [3.8, 4) is 0 Å². The van der Waals surface area contributed by atoms with E-state index in [4.69, 9.17) is 0 Å². The molecule has 1 amide bonds. The molecule has 2 atom stereocenters. The third-order valence-corrected chi connectivity index (χ3v) is 11.3. The molecule has 0 saturated carbocycles. The van der Waals surface area contributed by atoms with Gasteiger partial charge in [-0.15, -0.1) is 0 Å². The summed E-state index contributed by atoms with van der Waals surface area (Å²) in [5, 5.41) is 23.1. The number of unbranched alkanes of at least 4 members (excludes halogenated alkanes) is 25. The van der Waals surface area contributed by atoms with Crippen LogP contribution in [-0.4, -0.2) is 34.9 Å². The van der Waals surface area contributed by atoms with Gasteiger partial charge < -0.3 is 15.5 Å². The zero-order valence-corrected chi connectivity index (χ0v) is 40.2. The monoisotopic (exact) mass is 846 g/mol. The van der Waals surface area contributed by atoms with Gasteiger partial charge >= 0.3 is 0 Å². The number of allylic oxidation sites excluding steroid dienone is 15. The predicted octanol–water partition coefficient (Wildman–Crippen LogP) is 17.0. The van der Waals surface area contributed by atoms with Gasteiger partial charge in [-0.05, 0) is 83.5 Å². The topological polar surface area (TPSA) is 69.6 Å². The molecule has 0 aliphatic rings. The Morgan fingerprint density at radius 2 is 0.738 bits per heavy atom. The number of aliphatic hydroxyl groups excluding tert-OH is 2. The minimum atomic E-state index is -0.868. The minimum absolute atomic E-state index is 0.0791. The second-order valence-electron chi connectivity index (χ2n) is 17.2. The smallest absolute Gasteiger partial charge is 0.220 e. The molecule has 0 spiro atoms. The molecule has 3 N–H and O–H groups in total. The molecule has 0 bridgehead atoms. The van der Waals surface area contributed by atoms with Crippen LogP contribution >= 0.6 is 0 Å². The number of carbonyl (C=O) groups excluding carboxylic acids is 1. The van der Waals surface area contributed by atoms with E-state index in [0.717, 1.165) is 70.6 Å². The van der Waals surface area contributed by atoms with Crippen molar-refractivity contribution >= 4 is 5.91 Å². The number of hydrogen-bond acceptors (Lipinski definition) is 3. The molecule has 0 rings (SSSR count). The van der Waals surface area contributed by atoms with Crippen molar-refractivity contribution in [3.63, 3.8) is 0 Å². The minimum Gasteiger partial charge on any atom is -0.394 e. The summed E-state index contributed by atoms with van der Waals surface area (Å²) in [6.07, 6.45) is 76.8. The zero-order chi connectivity index (χ0) is 44.2. The van der Waals surface area contributed by atoms with Crippen LogP contribution in [0, 0.1) is 0 Å². The van der Waals surface area contributed by atoms with Gasteiger partial charge in [0.15, 0.2) is 0 Å². The van der Waals surface area contributed by atoms with Crippen LogP contribution in [0.2, 0.25) is 0 Å². The van der Waals surface area contributed by atoms with Gasteiger partial charge in [0.2, 0.25) is 5.91 Å². The van der Waals surface area contributed by atoms with Crippen LogP contribution in [0.15, 0.2) is 97.2 Å². The maximum absolute atomic E-state index is 12.4. The molecule has 0 aliphatic heterocycles. The highest BCUT2D eigenvalue weighted by Gasteiger charge is 2.17. The molecule has 0 saturated heterocycles. The Hall–Kier alpha value is -2.69. The second kappa shape index (κ2) is 51.7. The molecule has 0 aromatic heterocycles. The number of carbonyl (C=O) groups is 1. The maximum Gasteiger partial charge on any atom is 0.220 e. The van der Waals surface area contributed by atoms with Gasteiger partial charge in [0.25, 0.3) is 0 Å². The average molecular weight is 846 g/mol. The van der Waals surface area contributed by atoms with Crippen molar-refractivity contribution in [3.05, 3.63) is 97.2 Å². The molecule has 2 unspecified atom stereocenters. The first-order chi connectivity index (χ1) is 30.2. The molecule has 0 aromatic carbocycles. The van der Waals surface area contributed by atoms with Crippen LogP contribution in [0.3, 0.4) is 0 Å². The highest BCUT2D eigenvalue weighted by Crippen LogP contribution is 2.15. The number of amides is 1. The lowest BCUT2D eigenvalue weighted by Gasteiger charge is -2.19. The van der Waals surface area contributed by atoms with E-state index in [-0.39, 0.29) is 12.5 Å². The van der Waals surface area contributed by atoms with Crippen molar-refractivity contribution in [2.45, 2.75) is 251 Å². The highest BCUT2D eigenvalue weighted by atomic mass is 16.3.